The second kappa shape index (κ2) is 4.77. The number of aromatic nitrogens is 2. The largest absolute Gasteiger partial charge is 0.353 e. The maximum absolute atomic E-state index is 11.1. The van der Waals surface area contributed by atoms with Gasteiger partial charge in [0.15, 0.2) is 3.92 Å². The van der Waals surface area contributed by atoms with Gasteiger partial charge in [0, 0.05) is 25.0 Å². The first kappa shape index (κ1) is 12.3. The fourth-order valence-corrected chi connectivity index (χ4v) is 4.43. The quantitative estimate of drug-likeness (QED) is 0.900. The lowest BCUT2D eigenvalue weighted by molar-refractivity contribution is -0.119. The lowest BCUT2D eigenvalue weighted by atomic mass is 9.98. The molecule has 3 atom stereocenters. The first-order valence-corrected chi connectivity index (χ1v) is 7.79. The Hall–Kier alpha value is -0.690. The number of halogens is 1. The number of nitrogens with zero attached hydrogens (tertiary/aromatic N) is 3. The van der Waals surface area contributed by atoms with E-state index in [1.807, 2.05) is 0 Å². The predicted octanol–water partition coefficient (Wildman–Crippen LogP) is 1.94. The lowest BCUT2D eigenvalue weighted by Crippen LogP contribution is -2.50. The Balaban J connectivity index is 1.75. The Morgan fingerprint density at radius 1 is 1.39 bits per heavy atom. The van der Waals surface area contributed by atoms with Crippen molar-refractivity contribution >= 4 is 38.3 Å². The van der Waals surface area contributed by atoms with Crippen LogP contribution in [0.25, 0.3) is 0 Å². The van der Waals surface area contributed by atoms with Crippen LogP contribution >= 0.6 is 27.3 Å². The first-order valence-electron chi connectivity index (χ1n) is 6.18. The van der Waals surface area contributed by atoms with Gasteiger partial charge in [0.05, 0.1) is 0 Å². The highest BCUT2D eigenvalue weighted by molar-refractivity contribution is 9.11. The zero-order valence-electron chi connectivity index (χ0n) is 10.1. The maximum atomic E-state index is 11.1. The summed E-state index contributed by atoms with van der Waals surface area (Å²) in [6.45, 7) is 1.59. The van der Waals surface area contributed by atoms with Gasteiger partial charge in [-0.25, -0.2) is 0 Å². The van der Waals surface area contributed by atoms with Crippen LogP contribution in [0.2, 0.25) is 0 Å². The van der Waals surface area contributed by atoms with Crippen LogP contribution in [0.3, 0.4) is 0 Å². The van der Waals surface area contributed by atoms with Crippen LogP contribution in [0, 0.1) is 0 Å². The number of rotatable bonds is 2. The summed E-state index contributed by atoms with van der Waals surface area (Å²) in [5.74, 6) is 0.0755. The van der Waals surface area contributed by atoms with E-state index in [2.05, 4.69) is 36.3 Å². The van der Waals surface area contributed by atoms with E-state index in [1.54, 1.807) is 18.3 Å². The van der Waals surface area contributed by atoms with Crippen molar-refractivity contribution < 1.29 is 4.79 Å². The molecule has 2 fully saturated rings. The summed E-state index contributed by atoms with van der Waals surface area (Å²) in [4.78, 5) is 13.6. The van der Waals surface area contributed by atoms with Gasteiger partial charge in [-0.1, -0.05) is 11.3 Å². The van der Waals surface area contributed by atoms with Gasteiger partial charge in [-0.3, -0.25) is 4.79 Å². The fourth-order valence-electron chi connectivity index (χ4n) is 3.20. The number of hydrogen-bond acceptors (Lipinski definition) is 5. The van der Waals surface area contributed by atoms with Gasteiger partial charge in [0.25, 0.3) is 0 Å². The molecule has 1 aromatic heterocycles. The molecule has 1 amide bonds. The predicted molar refractivity (Wildman–Crippen MR) is 73.7 cm³/mol. The summed E-state index contributed by atoms with van der Waals surface area (Å²) in [6, 6.07) is 1.33. The van der Waals surface area contributed by atoms with E-state index in [4.69, 9.17) is 0 Å². The lowest BCUT2D eigenvalue weighted by Gasteiger charge is -2.38. The summed E-state index contributed by atoms with van der Waals surface area (Å²) in [5, 5.41) is 12.3. The molecule has 0 aromatic carbocycles. The number of nitrogens with one attached hydrogen (secondary N) is 1. The second-order valence-corrected chi connectivity index (χ2v) is 7.23. The van der Waals surface area contributed by atoms with Gasteiger partial charge in [0.2, 0.25) is 11.0 Å². The second-order valence-electron chi connectivity index (χ2n) is 5.00. The third kappa shape index (κ3) is 2.25. The number of carbonyl (C=O) groups excluding carboxylic acids is 1. The van der Waals surface area contributed by atoms with Crippen LogP contribution in [0.1, 0.15) is 32.6 Å². The van der Waals surface area contributed by atoms with E-state index in [9.17, 15) is 4.79 Å². The maximum Gasteiger partial charge on any atom is 0.217 e. The molecular weight excluding hydrogens is 316 g/mol. The van der Waals surface area contributed by atoms with E-state index in [1.165, 1.54) is 12.8 Å². The third-order valence-corrected chi connectivity index (χ3v) is 5.12. The van der Waals surface area contributed by atoms with Gasteiger partial charge in [-0.15, -0.1) is 10.2 Å². The summed E-state index contributed by atoms with van der Waals surface area (Å²) >= 11 is 4.95. The van der Waals surface area contributed by atoms with Gasteiger partial charge < -0.3 is 10.2 Å². The average Bonchev–Trinajstić information content (AvgIpc) is 2.80. The normalized spacial score (nSPS) is 30.6. The van der Waals surface area contributed by atoms with Crippen molar-refractivity contribution in [3.8, 4) is 0 Å². The van der Waals surface area contributed by atoms with Crippen molar-refractivity contribution in [1.82, 2.24) is 15.5 Å². The molecule has 1 N–H and O–H groups in total. The highest BCUT2D eigenvalue weighted by Crippen LogP contribution is 2.40. The van der Waals surface area contributed by atoms with Gasteiger partial charge in [-0.05, 0) is 41.6 Å². The molecule has 0 unspecified atom stereocenters. The average molecular weight is 331 g/mol. The minimum atomic E-state index is 0.0755. The molecule has 0 radical (unpaired) electrons. The summed E-state index contributed by atoms with van der Waals surface area (Å²) < 4.78 is 0.834. The minimum Gasteiger partial charge on any atom is -0.353 e. The number of amides is 1. The zero-order chi connectivity index (χ0) is 12.7. The van der Waals surface area contributed by atoms with Crippen LogP contribution in [-0.4, -0.2) is 34.2 Å². The number of hydrogen-bond donors (Lipinski definition) is 1. The summed E-state index contributed by atoms with van der Waals surface area (Å²) in [6.07, 6.45) is 4.43. The fraction of sp³-hybridized carbons (Fsp3) is 0.727. The van der Waals surface area contributed by atoms with E-state index in [-0.39, 0.29) is 5.91 Å². The highest BCUT2D eigenvalue weighted by atomic mass is 79.9. The van der Waals surface area contributed by atoms with E-state index in [0.29, 0.717) is 18.1 Å². The van der Waals surface area contributed by atoms with Crippen LogP contribution in [0.5, 0.6) is 0 Å². The minimum absolute atomic E-state index is 0.0755. The standard InChI is InChI=1S/C11H15BrN4OS/c1-6(17)13-7-4-8-2-3-9(5-7)16(8)11-15-14-10(12)18-11/h7-9H,2-5H2,1H3,(H,13,17)/t7-,8-,9+. The molecular formula is C11H15BrN4OS. The molecule has 5 nitrogen and oxygen atoms in total. The zero-order valence-corrected chi connectivity index (χ0v) is 12.5. The number of piperidine rings is 1. The van der Waals surface area contributed by atoms with Crippen molar-refractivity contribution in [2.24, 2.45) is 0 Å². The number of carbonyl (C=O) groups is 1. The molecule has 2 aliphatic heterocycles. The topological polar surface area (TPSA) is 58.1 Å². The molecule has 7 heteroatoms. The molecule has 1 aromatic rings. The first-order chi connectivity index (χ1) is 8.63. The van der Waals surface area contributed by atoms with Gasteiger partial charge in [0.1, 0.15) is 0 Å². The molecule has 0 aliphatic carbocycles. The third-order valence-electron chi connectivity index (χ3n) is 3.75. The Kier molecular flexibility index (Phi) is 3.27. The van der Waals surface area contributed by atoms with Crippen LogP contribution in [0.15, 0.2) is 3.92 Å². The highest BCUT2D eigenvalue weighted by Gasteiger charge is 2.42. The monoisotopic (exact) mass is 330 g/mol. The molecule has 18 heavy (non-hydrogen) atoms. The van der Waals surface area contributed by atoms with Crippen LogP contribution in [0.4, 0.5) is 5.13 Å². The van der Waals surface area contributed by atoms with E-state index < -0.39 is 0 Å². The van der Waals surface area contributed by atoms with Crippen LogP contribution in [-0.2, 0) is 4.79 Å². The SMILES string of the molecule is CC(=O)N[C@@H]1C[C@H]2CC[C@@H](C1)N2c1nnc(Br)s1. The van der Waals surface area contributed by atoms with Crippen LogP contribution < -0.4 is 10.2 Å². The van der Waals surface area contributed by atoms with Gasteiger partial charge in [-0.2, -0.15) is 0 Å². The molecule has 0 spiro atoms. The Bertz CT molecular complexity index is 452. The number of anilines is 1. The Labute approximate surface area is 118 Å². The molecule has 2 aliphatic rings. The number of fused-ring (bicyclic) bond motifs is 2. The van der Waals surface area contributed by atoms with Crippen molar-refractivity contribution in [3.63, 3.8) is 0 Å². The van der Waals surface area contributed by atoms with E-state index >= 15 is 0 Å². The van der Waals surface area contributed by atoms with Crippen molar-refractivity contribution in [2.75, 3.05) is 4.90 Å². The molecule has 3 rings (SSSR count). The van der Waals surface area contributed by atoms with Gasteiger partial charge >= 0.3 is 0 Å². The molecule has 2 saturated heterocycles. The Morgan fingerprint density at radius 2 is 2.06 bits per heavy atom. The smallest absolute Gasteiger partial charge is 0.217 e. The van der Waals surface area contributed by atoms with Crippen molar-refractivity contribution in [3.05, 3.63) is 3.92 Å². The molecule has 0 saturated carbocycles. The molecule has 3 heterocycles. The van der Waals surface area contributed by atoms with E-state index in [0.717, 1.165) is 21.9 Å². The summed E-state index contributed by atoms with van der Waals surface area (Å²) in [7, 11) is 0. The Morgan fingerprint density at radius 3 is 2.56 bits per heavy atom. The molecule has 2 bridgehead atoms. The van der Waals surface area contributed by atoms with Crippen molar-refractivity contribution in [2.45, 2.75) is 50.7 Å². The van der Waals surface area contributed by atoms with Crippen molar-refractivity contribution in [1.29, 1.82) is 0 Å². The summed E-state index contributed by atoms with van der Waals surface area (Å²) in [5.41, 5.74) is 0. The molecule has 98 valence electrons.